The second-order valence-electron chi connectivity index (χ2n) is 4.99. The van der Waals surface area contributed by atoms with Crippen molar-refractivity contribution in [1.29, 1.82) is 0 Å². The molecule has 0 radical (unpaired) electrons. The molecule has 100 valence electrons. The third-order valence-corrected chi connectivity index (χ3v) is 3.74. The number of H-pyrrole nitrogens is 1. The van der Waals surface area contributed by atoms with Gasteiger partial charge in [0.25, 0.3) is 0 Å². The Balaban J connectivity index is 1.99. The molecule has 0 bridgehead atoms. The van der Waals surface area contributed by atoms with Gasteiger partial charge in [-0.15, -0.1) is 0 Å². The number of fused-ring (bicyclic) bond motifs is 3. The highest BCUT2D eigenvalue weighted by atomic mass is 16.1. The first-order chi connectivity index (χ1) is 9.84. The summed E-state index contributed by atoms with van der Waals surface area (Å²) in [4.78, 5) is 16.6. The molecule has 6 heteroatoms. The van der Waals surface area contributed by atoms with Crippen LogP contribution in [0.5, 0.6) is 0 Å². The van der Waals surface area contributed by atoms with Crippen LogP contribution in [0.1, 0.15) is 24.1 Å². The lowest BCUT2D eigenvalue weighted by Gasteiger charge is -2.16. The van der Waals surface area contributed by atoms with Gasteiger partial charge in [-0.05, 0) is 37.8 Å². The van der Waals surface area contributed by atoms with Crippen molar-refractivity contribution in [2.45, 2.75) is 25.7 Å². The van der Waals surface area contributed by atoms with Crippen molar-refractivity contribution in [2.24, 2.45) is 0 Å². The summed E-state index contributed by atoms with van der Waals surface area (Å²) in [5.41, 5.74) is 3.14. The van der Waals surface area contributed by atoms with Gasteiger partial charge in [-0.3, -0.25) is 9.89 Å². The zero-order valence-corrected chi connectivity index (χ0v) is 10.8. The summed E-state index contributed by atoms with van der Waals surface area (Å²) in [5.74, 6) is 0.528. The van der Waals surface area contributed by atoms with E-state index in [0.29, 0.717) is 17.2 Å². The van der Waals surface area contributed by atoms with Gasteiger partial charge in [0.15, 0.2) is 11.5 Å². The number of rotatable bonds is 1. The minimum atomic E-state index is -0.219. The highest BCUT2D eigenvalue weighted by molar-refractivity contribution is 5.61. The molecule has 3 heterocycles. The van der Waals surface area contributed by atoms with Crippen LogP contribution in [-0.4, -0.2) is 25.0 Å². The van der Waals surface area contributed by atoms with Crippen LogP contribution in [0, 0.1) is 0 Å². The van der Waals surface area contributed by atoms with Crippen LogP contribution in [0.3, 0.4) is 0 Å². The number of nitrogens with one attached hydrogen (secondary N) is 1. The molecular formula is C14H13N5O. The molecule has 2 aliphatic heterocycles. The van der Waals surface area contributed by atoms with E-state index in [-0.39, 0.29) is 5.56 Å². The molecule has 1 aliphatic carbocycles. The van der Waals surface area contributed by atoms with Crippen LogP contribution in [0.25, 0.3) is 17.2 Å². The number of aromatic amines is 1. The SMILES string of the molecule is O=c1c2n[nH]c3c(c-2nn1-c1ccccn1)CCCC3. The maximum atomic E-state index is 12.4. The number of hydrogen-bond acceptors (Lipinski definition) is 4. The van der Waals surface area contributed by atoms with Gasteiger partial charge in [-0.1, -0.05) is 6.07 Å². The number of pyridine rings is 1. The fourth-order valence-corrected chi connectivity index (χ4v) is 2.75. The Morgan fingerprint density at radius 3 is 2.90 bits per heavy atom. The maximum Gasteiger partial charge on any atom is 0.302 e. The predicted octanol–water partition coefficient (Wildman–Crippen LogP) is 1.33. The van der Waals surface area contributed by atoms with Gasteiger partial charge >= 0.3 is 5.56 Å². The Hall–Kier alpha value is -2.50. The van der Waals surface area contributed by atoms with Crippen molar-refractivity contribution in [1.82, 2.24) is 25.0 Å². The van der Waals surface area contributed by atoms with Gasteiger partial charge in [0, 0.05) is 17.5 Å². The molecular weight excluding hydrogens is 254 g/mol. The quantitative estimate of drug-likeness (QED) is 0.721. The van der Waals surface area contributed by atoms with E-state index < -0.39 is 0 Å². The molecule has 3 aliphatic rings. The van der Waals surface area contributed by atoms with Gasteiger partial charge in [0.2, 0.25) is 0 Å². The predicted molar refractivity (Wildman–Crippen MR) is 73.0 cm³/mol. The zero-order chi connectivity index (χ0) is 13.5. The Bertz CT molecular complexity index is 789. The topological polar surface area (TPSA) is 76.5 Å². The Labute approximate surface area is 114 Å². The average Bonchev–Trinajstić information content (AvgIpc) is 2.86. The van der Waals surface area contributed by atoms with Crippen LogP contribution < -0.4 is 5.56 Å². The lowest BCUT2D eigenvalue weighted by Crippen LogP contribution is -2.17. The Morgan fingerprint density at radius 1 is 1.15 bits per heavy atom. The normalized spacial score (nSPS) is 14.4. The summed E-state index contributed by atoms with van der Waals surface area (Å²) in [6.07, 6.45) is 5.86. The molecule has 0 saturated carbocycles. The van der Waals surface area contributed by atoms with E-state index >= 15 is 0 Å². The van der Waals surface area contributed by atoms with Crippen molar-refractivity contribution in [3.8, 4) is 17.2 Å². The van der Waals surface area contributed by atoms with E-state index in [1.54, 1.807) is 12.3 Å². The van der Waals surface area contributed by atoms with Crippen LogP contribution >= 0.6 is 0 Å². The summed E-state index contributed by atoms with van der Waals surface area (Å²) >= 11 is 0. The van der Waals surface area contributed by atoms with E-state index in [9.17, 15) is 4.79 Å². The van der Waals surface area contributed by atoms with E-state index in [0.717, 1.165) is 36.9 Å². The third-order valence-electron chi connectivity index (χ3n) is 3.74. The fraction of sp³-hybridized carbons (Fsp3) is 0.286. The summed E-state index contributed by atoms with van der Waals surface area (Å²) in [6, 6.07) is 5.41. The highest BCUT2D eigenvalue weighted by Crippen LogP contribution is 2.27. The first-order valence-corrected chi connectivity index (χ1v) is 6.75. The monoisotopic (exact) mass is 267 g/mol. The van der Waals surface area contributed by atoms with Crippen molar-refractivity contribution < 1.29 is 0 Å². The molecule has 1 N–H and O–H groups in total. The number of aryl methyl sites for hydroxylation is 1. The third kappa shape index (κ3) is 1.57. The lowest BCUT2D eigenvalue weighted by atomic mass is 9.94. The maximum absolute atomic E-state index is 12.4. The Morgan fingerprint density at radius 2 is 2.05 bits per heavy atom. The van der Waals surface area contributed by atoms with Crippen molar-refractivity contribution in [2.75, 3.05) is 0 Å². The second kappa shape index (κ2) is 4.26. The van der Waals surface area contributed by atoms with Crippen LogP contribution in [0.2, 0.25) is 0 Å². The van der Waals surface area contributed by atoms with Crippen LogP contribution in [-0.2, 0) is 12.8 Å². The smallest absolute Gasteiger partial charge is 0.281 e. The van der Waals surface area contributed by atoms with Gasteiger partial charge in [0.05, 0.1) is 0 Å². The largest absolute Gasteiger partial charge is 0.302 e. The molecule has 4 rings (SSSR count). The minimum absolute atomic E-state index is 0.219. The molecule has 0 atom stereocenters. The van der Waals surface area contributed by atoms with Gasteiger partial charge in [0.1, 0.15) is 5.69 Å². The molecule has 0 spiro atoms. The minimum Gasteiger partial charge on any atom is -0.281 e. The number of aromatic nitrogens is 5. The van der Waals surface area contributed by atoms with E-state index in [1.165, 1.54) is 4.68 Å². The highest BCUT2D eigenvalue weighted by Gasteiger charge is 2.25. The first kappa shape index (κ1) is 11.3. The molecule has 1 aromatic rings. The molecule has 0 fully saturated rings. The fourth-order valence-electron chi connectivity index (χ4n) is 2.75. The molecule has 0 unspecified atom stereocenters. The average molecular weight is 267 g/mol. The molecule has 0 saturated heterocycles. The van der Waals surface area contributed by atoms with Gasteiger partial charge < -0.3 is 0 Å². The summed E-state index contributed by atoms with van der Waals surface area (Å²) in [6.45, 7) is 0. The summed E-state index contributed by atoms with van der Waals surface area (Å²) in [5, 5.41) is 11.7. The summed E-state index contributed by atoms with van der Waals surface area (Å²) in [7, 11) is 0. The zero-order valence-electron chi connectivity index (χ0n) is 10.8. The lowest BCUT2D eigenvalue weighted by molar-refractivity contribution is 0.653. The number of nitrogens with zero attached hydrogens (tertiary/aromatic N) is 4. The van der Waals surface area contributed by atoms with E-state index in [4.69, 9.17) is 0 Å². The molecule has 6 nitrogen and oxygen atoms in total. The standard InChI is InChI=1S/C14H13N5O/c20-14-13-12(9-5-1-2-6-10(9)16-17-13)18-19(14)11-7-3-4-8-15-11/h3-4,7-8,16H,1-2,5-6H2. The van der Waals surface area contributed by atoms with Crippen molar-refractivity contribution in [3.05, 3.63) is 46.0 Å². The van der Waals surface area contributed by atoms with Crippen molar-refractivity contribution in [3.63, 3.8) is 0 Å². The van der Waals surface area contributed by atoms with E-state index in [2.05, 4.69) is 20.3 Å². The van der Waals surface area contributed by atoms with Gasteiger partial charge in [-0.2, -0.15) is 14.9 Å². The summed E-state index contributed by atoms with van der Waals surface area (Å²) < 4.78 is 1.33. The molecule has 20 heavy (non-hydrogen) atoms. The second-order valence-corrected chi connectivity index (χ2v) is 4.99. The number of hydrogen-bond donors (Lipinski definition) is 1. The van der Waals surface area contributed by atoms with E-state index in [1.807, 2.05) is 12.1 Å². The van der Waals surface area contributed by atoms with Gasteiger partial charge in [-0.25, -0.2) is 4.98 Å². The van der Waals surface area contributed by atoms with Crippen LogP contribution in [0.15, 0.2) is 29.2 Å². The Kier molecular flexibility index (Phi) is 2.42. The molecule has 0 aromatic carbocycles. The van der Waals surface area contributed by atoms with Crippen molar-refractivity contribution >= 4 is 0 Å². The van der Waals surface area contributed by atoms with Crippen LogP contribution in [0.4, 0.5) is 0 Å². The molecule has 1 aromatic heterocycles. The molecule has 0 amide bonds. The first-order valence-electron chi connectivity index (χ1n) is 6.75.